The second-order valence-corrected chi connectivity index (χ2v) is 4.99. The molecule has 0 N–H and O–H groups in total. The van der Waals surface area contributed by atoms with Gasteiger partial charge in [-0.1, -0.05) is 0 Å². The zero-order valence-corrected chi connectivity index (χ0v) is 7.02. The summed E-state index contributed by atoms with van der Waals surface area (Å²) in [5, 5.41) is 0. The summed E-state index contributed by atoms with van der Waals surface area (Å²) < 4.78 is 27.2. The van der Waals surface area contributed by atoms with Crippen molar-refractivity contribution >= 4 is 9.84 Å². The van der Waals surface area contributed by atoms with E-state index < -0.39 is 9.84 Å². The van der Waals surface area contributed by atoms with Crippen molar-refractivity contribution in [2.75, 3.05) is 11.5 Å². The van der Waals surface area contributed by atoms with E-state index in [0.29, 0.717) is 0 Å². The van der Waals surface area contributed by atoms with Crippen LogP contribution < -0.4 is 0 Å². The maximum atomic E-state index is 11.0. The smallest absolute Gasteiger partial charge is 0.155 e. The number of rotatable bonds is 0. The molecule has 0 amide bonds. The first kappa shape index (κ1) is 8.01. The Labute approximate surface area is 61.3 Å². The van der Waals surface area contributed by atoms with Gasteiger partial charge in [0, 0.05) is 0 Å². The van der Waals surface area contributed by atoms with Crippen molar-refractivity contribution in [3.63, 3.8) is 0 Å². The molecule has 0 radical (unpaired) electrons. The van der Waals surface area contributed by atoms with Gasteiger partial charge in [-0.25, -0.2) is 8.42 Å². The fourth-order valence-corrected chi connectivity index (χ4v) is 2.98. The third kappa shape index (κ3) is 1.95. The Kier molecular flexibility index (Phi) is 2.01. The van der Waals surface area contributed by atoms with Gasteiger partial charge in [0.05, 0.1) is 23.7 Å². The Morgan fingerprint density at radius 3 is 1.90 bits per heavy atom. The molecule has 1 heterocycles. The van der Waals surface area contributed by atoms with Gasteiger partial charge in [-0.3, -0.25) is 0 Å². The van der Waals surface area contributed by atoms with E-state index in [4.69, 9.17) is 4.74 Å². The lowest BCUT2D eigenvalue weighted by Gasteiger charge is -2.24. The lowest BCUT2D eigenvalue weighted by molar-refractivity contribution is 0.0256. The molecule has 0 spiro atoms. The van der Waals surface area contributed by atoms with Gasteiger partial charge in [-0.05, 0) is 13.8 Å². The molecular weight excluding hydrogens is 152 g/mol. The van der Waals surface area contributed by atoms with Crippen LogP contribution in [-0.4, -0.2) is 32.1 Å². The van der Waals surface area contributed by atoms with Crippen LogP contribution in [0.3, 0.4) is 0 Å². The molecule has 0 aromatic heterocycles. The fraction of sp³-hybridized carbons (Fsp3) is 1.00. The molecular formula is C6H12O3S. The summed E-state index contributed by atoms with van der Waals surface area (Å²) in [7, 11) is -2.81. The third-order valence-electron chi connectivity index (χ3n) is 1.44. The zero-order valence-electron chi connectivity index (χ0n) is 6.20. The summed E-state index contributed by atoms with van der Waals surface area (Å²) in [6, 6.07) is 0. The molecule has 1 rings (SSSR count). The fourth-order valence-electron chi connectivity index (χ4n) is 1.26. The maximum Gasteiger partial charge on any atom is 0.155 e. The van der Waals surface area contributed by atoms with Crippen LogP contribution in [-0.2, 0) is 14.6 Å². The van der Waals surface area contributed by atoms with Crippen molar-refractivity contribution in [2.24, 2.45) is 0 Å². The van der Waals surface area contributed by atoms with E-state index in [0.717, 1.165) is 0 Å². The van der Waals surface area contributed by atoms with Gasteiger partial charge in [0.1, 0.15) is 0 Å². The van der Waals surface area contributed by atoms with Crippen molar-refractivity contribution in [2.45, 2.75) is 26.1 Å². The van der Waals surface area contributed by atoms with Crippen molar-refractivity contribution in [1.29, 1.82) is 0 Å². The van der Waals surface area contributed by atoms with Crippen LogP contribution >= 0.6 is 0 Å². The number of sulfone groups is 1. The van der Waals surface area contributed by atoms with E-state index in [9.17, 15) is 8.42 Å². The van der Waals surface area contributed by atoms with E-state index in [2.05, 4.69) is 0 Å². The highest BCUT2D eigenvalue weighted by molar-refractivity contribution is 7.91. The molecule has 1 aliphatic rings. The summed E-state index contributed by atoms with van der Waals surface area (Å²) in [5.74, 6) is 0.356. The van der Waals surface area contributed by atoms with Crippen LogP contribution in [0.5, 0.6) is 0 Å². The minimum atomic E-state index is -2.81. The average molecular weight is 164 g/mol. The van der Waals surface area contributed by atoms with Gasteiger partial charge in [0.15, 0.2) is 9.84 Å². The number of ether oxygens (including phenoxy) is 1. The molecule has 1 aliphatic heterocycles. The quantitative estimate of drug-likeness (QED) is 0.514. The molecule has 1 saturated heterocycles. The summed E-state index contributed by atoms with van der Waals surface area (Å²) in [4.78, 5) is 0. The highest BCUT2D eigenvalue weighted by Gasteiger charge is 2.26. The predicted molar refractivity (Wildman–Crippen MR) is 38.7 cm³/mol. The van der Waals surface area contributed by atoms with Crippen LogP contribution in [0, 0.1) is 0 Å². The Morgan fingerprint density at radius 1 is 1.20 bits per heavy atom. The highest BCUT2D eigenvalue weighted by Crippen LogP contribution is 2.11. The predicted octanol–water partition coefficient (Wildman–Crippen LogP) is 0.208. The van der Waals surface area contributed by atoms with E-state index in [1.54, 1.807) is 13.8 Å². The zero-order chi connectivity index (χ0) is 7.78. The first-order valence-electron chi connectivity index (χ1n) is 3.35. The Balaban J connectivity index is 2.69. The van der Waals surface area contributed by atoms with Gasteiger partial charge in [0.25, 0.3) is 0 Å². The van der Waals surface area contributed by atoms with E-state index >= 15 is 0 Å². The standard InChI is InChI=1S/C6H12O3S/c1-5-3-10(7,8)4-6(2)9-5/h5-6H,3-4H2,1-2H3/t5-,6-/m1/s1. The Morgan fingerprint density at radius 2 is 1.60 bits per heavy atom. The van der Waals surface area contributed by atoms with Gasteiger partial charge in [-0.2, -0.15) is 0 Å². The lowest BCUT2D eigenvalue weighted by Crippen LogP contribution is -2.37. The molecule has 4 heteroatoms. The van der Waals surface area contributed by atoms with Crippen LogP contribution in [0.1, 0.15) is 13.8 Å². The molecule has 0 saturated carbocycles. The summed E-state index contributed by atoms with van der Waals surface area (Å²) in [5.41, 5.74) is 0. The molecule has 1 fully saturated rings. The van der Waals surface area contributed by atoms with Crippen LogP contribution in [0.4, 0.5) is 0 Å². The molecule has 3 nitrogen and oxygen atoms in total. The first-order valence-corrected chi connectivity index (χ1v) is 5.17. The van der Waals surface area contributed by atoms with Gasteiger partial charge in [0.2, 0.25) is 0 Å². The Hall–Kier alpha value is -0.0900. The topological polar surface area (TPSA) is 43.4 Å². The van der Waals surface area contributed by atoms with Crippen molar-refractivity contribution in [3.05, 3.63) is 0 Å². The van der Waals surface area contributed by atoms with Crippen LogP contribution in [0.2, 0.25) is 0 Å². The largest absolute Gasteiger partial charge is 0.373 e. The molecule has 0 aliphatic carbocycles. The molecule has 0 aromatic rings. The molecule has 0 aromatic carbocycles. The average Bonchev–Trinajstić information content (AvgIpc) is 1.54. The monoisotopic (exact) mass is 164 g/mol. The summed E-state index contributed by atoms with van der Waals surface area (Å²) in [6.07, 6.45) is -0.262. The molecule has 0 bridgehead atoms. The van der Waals surface area contributed by atoms with Crippen molar-refractivity contribution in [1.82, 2.24) is 0 Å². The second kappa shape index (κ2) is 2.51. The van der Waals surface area contributed by atoms with Crippen molar-refractivity contribution in [3.8, 4) is 0 Å². The minimum Gasteiger partial charge on any atom is -0.373 e. The third-order valence-corrected chi connectivity index (χ3v) is 3.40. The Bertz CT molecular complexity index is 191. The lowest BCUT2D eigenvalue weighted by atomic mass is 10.4. The summed E-state index contributed by atoms with van der Waals surface area (Å²) >= 11 is 0. The van der Waals surface area contributed by atoms with Crippen LogP contribution in [0.15, 0.2) is 0 Å². The number of hydrogen-bond acceptors (Lipinski definition) is 3. The SMILES string of the molecule is C[C@@H]1CS(=O)(=O)C[C@@H](C)O1. The first-order chi connectivity index (χ1) is 4.49. The number of hydrogen-bond donors (Lipinski definition) is 0. The molecule has 2 atom stereocenters. The van der Waals surface area contributed by atoms with E-state index in [-0.39, 0.29) is 23.7 Å². The highest BCUT2D eigenvalue weighted by atomic mass is 32.2. The van der Waals surface area contributed by atoms with Gasteiger partial charge < -0.3 is 4.74 Å². The van der Waals surface area contributed by atoms with Crippen LogP contribution in [0.25, 0.3) is 0 Å². The normalized spacial score (nSPS) is 39.4. The van der Waals surface area contributed by atoms with E-state index in [1.807, 2.05) is 0 Å². The van der Waals surface area contributed by atoms with Gasteiger partial charge >= 0.3 is 0 Å². The van der Waals surface area contributed by atoms with E-state index in [1.165, 1.54) is 0 Å². The maximum absolute atomic E-state index is 11.0. The minimum absolute atomic E-state index is 0.131. The molecule has 10 heavy (non-hydrogen) atoms. The summed E-state index contributed by atoms with van der Waals surface area (Å²) in [6.45, 7) is 3.57. The second-order valence-electron chi connectivity index (χ2n) is 2.83. The van der Waals surface area contributed by atoms with Gasteiger partial charge in [-0.15, -0.1) is 0 Å². The molecule has 60 valence electrons. The molecule has 0 unspecified atom stereocenters. The van der Waals surface area contributed by atoms with Crippen molar-refractivity contribution < 1.29 is 13.2 Å².